The molecule has 3 fully saturated rings. The number of nitrogens with one attached hydrogen (secondary N) is 1. The minimum atomic E-state index is -0.666. The minimum absolute atomic E-state index is 0.0184. The molecule has 7 rings (SSSR count). The van der Waals surface area contributed by atoms with Crippen LogP contribution in [0.4, 0.5) is 16.2 Å². The van der Waals surface area contributed by atoms with Gasteiger partial charge in [-0.2, -0.15) is 10.1 Å². The maximum absolute atomic E-state index is 14.3. The van der Waals surface area contributed by atoms with E-state index >= 15 is 0 Å². The number of rotatable bonds is 11. The van der Waals surface area contributed by atoms with Gasteiger partial charge in [-0.1, -0.05) is 19.1 Å². The van der Waals surface area contributed by atoms with Crippen LogP contribution in [-0.2, 0) is 24.7 Å². The van der Waals surface area contributed by atoms with E-state index in [1.165, 1.54) is 31.7 Å². The summed E-state index contributed by atoms with van der Waals surface area (Å²) in [6.45, 7) is 3.12. The van der Waals surface area contributed by atoms with Crippen LogP contribution in [0.5, 0.6) is 0 Å². The topological polar surface area (TPSA) is 99.4 Å². The zero-order valence-corrected chi connectivity index (χ0v) is 28.1. The Bertz CT molecular complexity index is 1550. The number of hydrogen-bond acceptors (Lipinski definition) is 7. The fourth-order valence-corrected chi connectivity index (χ4v) is 9.29. The van der Waals surface area contributed by atoms with E-state index in [1.54, 1.807) is 6.07 Å². The number of aromatic nitrogens is 4. The number of anilines is 2. The molecule has 0 radical (unpaired) electrons. The Hall–Kier alpha value is -3.53. The van der Waals surface area contributed by atoms with Crippen LogP contribution in [0.1, 0.15) is 105 Å². The summed E-state index contributed by atoms with van der Waals surface area (Å²) >= 11 is 0. The lowest BCUT2D eigenvalue weighted by Crippen LogP contribution is -2.41. The monoisotopic (exact) mass is 643 g/mol. The van der Waals surface area contributed by atoms with E-state index in [1.807, 2.05) is 30.1 Å². The van der Waals surface area contributed by atoms with Gasteiger partial charge in [-0.05, 0) is 107 Å². The normalized spacial score (nSPS) is 26.9. The number of hydrogen-bond donors (Lipinski definition) is 2. The van der Waals surface area contributed by atoms with Crippen molar-refractivity contribution in [3.63, 3.8) is 0 Å². The van der Waals surface area contributed by atoms with Gasteiger partial charge in [0, 0.05) is 56.1 Å². The van der Waals surface area contributed by atoms with Gasteiger partial charge in [0.15, 0.2) is 0 Å². The Labute approximate surface area is 278 Å². The molecule has 9 nitrogen and oxygen atoms in total. The molecular weight excluding hydrogens is 593 g/mol. The summed E-state index contributed by atoms with van der Waals surface area (Å²) in [4.78, 5) is 27.2. The van der Waals surface area contributed by atoms with Gasteiger partial charge in [0.1, 0.15) is 11.6 Å². The van der Waals surface area contributed by atoms with E-state index in [2.05, 4.69) is 40.4 Å². The van der Waals surface area contributed by atoms with Gasteiger partial charge in [-0.3, -0.25) is 14.4 Å². The molecule has 2 aliphatic heterocycles. The third kappa shape index (κ3) is 6.62. The second-order valence-electron chi connectivity index (χ2n) is 14.6. The van der Waals surface area contributed by atoms with Crippen LogP contribution in [0.3, 0.4) is 0 Å². The van der Waals surface area contributed by atoms with Gasteiger partial charge in [-0.25, -0.2) is 9.37 Å². The Morgan fingerprint density at radius 2 is 1.83 bits per heavy atom. The first-order valence-corrected chi connectivity index (χ1v) is 17.9. The molecule has 0 amide bonds. The average Bonchev–Trinajstić information content (AvgIpc) is 3.80. The van der Waals surface area contributed by atoms with Crippen molar-refractivity contribution >= 4 is 17.7 Å². The van der Waals surface area contributed by atoms with Crippen molar-refractivity contribution in [2.24, 2.45) is 18.9 Å². The number of aliphatic carboxylic acids is 1. The van der Waals surface area contributed by atoms with Crippen LogP contribution in [0.25, 0.3) is 0 Å². The van der Waals surface area contributed by atoms with E-state index in [9.17, 15) is 14.3 Å². The number of carbonyl (C=O) groups is 1. The predicted molar refractivity (Wildman–Crippen MR) is 181 cm³/mol. The smallest absolute Gasteiger partial charge is 0.306 e. The quantitative estimate of drug-likeness (QED) is 0.244. The van der Waals surface area contributed by atoms with Crippen LogP contribution in [0.2, 0.25) is 0 Å². The SMILES string of the molecule is CC[C@H](C1CCC(C(=O)O)CC1)N(C)c1nc2c(c(N[C@@H](CN3C4CCC3CC4)c3cnn(C)c3)n1)C[C@H](c1cccc(F)c1)CC2. The molecule has 0 spiro atoms. The highest BCUT2D eigenvalue weighted by Gasteiger charge is 2.41. The molecule has 1 aromatic carbocycles. The largest absolute Gasteiger partial charge is 0.481 e. The number of benzene rings is 1. The Kier molecular flexibility index (Phi) is 9.22. The molecule has 2 N–H and O–H groups in total. The van der Waals surface area contributed by atoms with E-state index in [0.717, 1.165) is 92.1 Å². The Balaban J connectivity index is 1.22. The molecule has 0 unspecified atom stereocenters. The number of fused-ring (bicyclic) bond motifs is 3. The highest BCUT2D eigenvalue weighted by Crippen LogP contribution is 2.41. The molecule has 3 aromatic rings. The fraction of sp³-hybridized carbons (Fsp3) is 0.622. The minimum Gasteiger partial charge on any atom is -0.481 e. The van der Waals surface area contributed by atoms with Crippen molar-refractivity contribution in [1.82, 2.24) is 24.6 Å². The lowest BCUT2D eigenvalue weighted by molar-refractivity contribution is -0.143. The molecule has 2 aliphatic carbocycles. The molecule has 2 aromatic heterocycles. The Morgan fingerprint density at radius 3 is 2.47 bits per heavy atom. The summed E-state index contributed by atoms with van der Waals surface area (Å²) in [5.41, 5.74) is 4.40. The molecule has 2 saturated heterocycles. The third-order valence-electron chi connectivity index (χ3n) is 11.9. The molecule has 252 valence electrons. The number of halogens is 1. The van der Waals surface area contributed by atoms with Crippen molar-refractivity contribution in [1.29, 1.82) is 0 Å². The number of aryl methyl sites for hydroxylation is 2. The molecule has 47 heavy (non-hydrogen) atoms. The molecule has 1 saturated carbocycles. The molecule has 3 atom stereocenters. The number of nitrogens with zero attached hydrogens (tertiary/aromatic N) is 6. The van der Waals surface area contributed by atoms with Gasteiger partial charge < -0.3 is 15.3 Å². The van der Waals surface area contributed by atoms with Crippen molar-refractivity contribution in [3.8, 4) is 0 Å². The highest BCUT2D eigenvalue weighted by molar-refractivity contribution is 5.70. The lowest BCUT2D eigenvalue weighted by atomic mass is 9.77. The predicted octanol–water partition coefficient (Wildman–Crippen LogP) is 6.51. The molecule has 2 bridgehead atoms. The van der Waals surface area contributed by atoms with Crippen molar-refractivity contribution in [2.45, 2.75) is 114 Å². The second kappa shape index (κ2) is 13.5. The molecule has 4 heterocycles. The first-order chi connectivity index (χ1) is 22.8. The van der Waals surface area contributed by atoms with E-state index < -0.39 is 5.97 Å². The number of carboxylic acid groups (broad SMARTS) is 1. The number of carboxylic acids is 1. The summed E-state index contributed by atoms with van der Waals surface area (Å²) in [6.07, 6.45) is 15.9. The summed E-state index contributed by atoms with van der Waals surface area (Å²) in [5, 5.41) is 18.1. The zero-order valence-electron chi connectivity index (χ0n) is 28.1. The van der Waals surface area contributed by atoms with Gasteiger partial charge in [-0.15, -0.1) is 0 Å². The maximum atomic E-state index is 14.3. The van der Waals surface area contributed by atoms with Crippen LogP contribution in [0, 0.1) is 17.7 Å². The van der Waals surface area contributed by atoms with Crippen LogP contribution in [0.15, 0.2) is 36.7 Å². The summed E-state index contributed by atoms with van der Waals surface area (Å²) in [6, 6.07) is 8.60. The highest BCUT2D eigenvalue weighted by atomic mass is 19.1. The molecule has 10 heteroatoms. The van der Waals surface area contributed by atoms with Crippen molar-refractivity contribution in [3.05, 3.63) is 64.9 Å². The second-order valence-corrected chi connectivity index (χ2v) is 14.6. The zero-order chi connectivity index (χ0) is 32.7. The van der Waals surface area contributed by atoms with E-state index in [4.69, 9.17) is 9.97 Å². The van der Waals surface area contributed by atoms with Gasteiger partial charge in [0.05, 0.1) is 23.9 Å². The van der Waals surface area contributed by atoms with E-state index in [-0.39, 0.29) is 29.7 Å². The maximum Gasteiger partial charge on any atom is 0.306 e. The fourth-order valence-electron chi connectivity index (χ4n) is 9.29. The van der Waals surface area contributed by atoms with Crippen molar-refractivity contribution in [2.75, 3.05) is 23.8 Å². The first-order valence-electron chi connectivity index (χ1n) is 17.9. The van der Waals surface area contributed by atoms with Crippen LogP contribution < -0.4 is 10.2 Å². The summed E-state index contributed by atoms with van der Waals surface area (Å²) in [7, 11) is 4.08. The summed E-state index contributed by atoms with van der Waals surface area (Å²) in [5.74, 6) is 1.12. The lowest BCUT2D eigenvalue weighted by Gasteiger charge is -2.38. The van der Waals surface area contributed by atoms with Gasteiger partial charge >= 0.3 is 5.97 Å². The van der Waals surface area contributed by atoms with E-state index in [0.29, 0.717) is 18.0 Å². The van der Waals surface area contributed by atoms with Crippen LogP contribution in [-0.4, -0.2) is 67.4 Å². The Morgan fingerprint density at radius 1 is 1.09 bits per heavy atom. The van der Waals surface area contributed by atoms with Gasteiger partial charge in [0.2, 0.25) is 5.95 Å². The molecule has 4 aliphatic rings. The first kappa shape index (κ1) is 32.0. The van der Waals surface area contributed by atoms with Crippen LogP contribution >= 0.6 is 0 Å². The molecular formula is C37H50FN7O2. The average molecular weight is 644 g/mol. The van der Waals surface area contributed by atoms with Gasteiger partial charge in [0.25, 0.3) is 0 Å². The van der Waals surface area contributed by atoms with Crippen molar-refractivity contribution < 1.29 is 14.3 Å². The summed E-state index contributed by atoms with van der Waals surface area (Å²) < 4.78 is 16.2. The third-order valence-corrected chi connectivity index (χ3v) is 11.9. The standard InChI is InChI=1S/C37H50FN7O2/c1-4-34(23-8-10-24(11-9-23)36(46)47)44(3)37-41-32-17-12-26(25-6-5-7-28(38)18-25)19-31(32)35(42-37)40-33(27-20-39-43(2)21-27)22-45-29-13-14-30(45)16-15-29/h5-7,18,20-21,23-24,26,29-30,33-34H,4,8-17,19,22H2,1-3H3,(H,46,47)(H,40,41,42)/t23?,24?,26-,29?,30?,33+,34-/m1/s1.